The Hall–Kier alpha value is -0.480. The fraction of sp³-hybridized carbons (Fsp3) is 0.455. The third-order valence-electron chi connectivity index (χ3n) is 2.78. The molecule has 1 nitrogen and oxygen atoms in total. The molecular weight excluding hydrogens is 264 g/mol. The van der Waals surface area contributed by atoms with Gasteiger partial charge in [0.25, 0.3) is 0 Å². The van der Waals surface area contributed by atoms with Gasteiger partial charge < -0.3 is 5.32 Å². The van der Waals surface area contributed by atoms with Crippen molar-refractivity contribution in [3.05, 3.63) is 33.8 Å². The first-order chi connectivity index (χ1) is 7.13. The first kappa shape index (κ1) is 11.0. The molecule has 1 unspecified atom stereocenters. The molecule has 1 aliphatic rings. The average Bonchev–Trinajstić information content (AvgIpc) is 2.99. The van der Waals surface area contributed by atoms with E-state index in [-0.39, 0.29) is 16.3 Å². The zero-order valence-corrected chi connectivity index (χ0v) is 9.94. The molecule has 1 N–H and O–H groups in total. The average molecular weight is 276 g/mol. The molecule has 0 amide bonds. The van der Waals surface area contributed by atoms with E-state index >= 15 is 0 Å². The van der Waals surface area contributed by atoms with Gasteiger partial charge in [0.05, 0.1) is 4.47 Å². The number of benzene rings is 1. The lowest BCUT2D eigenvalue weighted by molar-refractivity contribution is 0.485. The van der Waals surface area contributed by atoms with Gasteiger partial charge in [-0.15, -0.1) is 0 Å². The first-order valence-corrected chi connectivity index (χ1v) is 5.74. The molecule has 82 valence electrons. The Morgan fingerprint density at radius 3 is 2.53 bits per heavy atom. The van der Waals surface area contributed by atoms with E-state index in [1.54, 1.807) is 7.05 Å². The van der Waals surface area contributed by atoms with Crippen LogP contribution in [-0.2, 0) is 0 Å². The zero-order chi connectivity index (χ0) is 11.0. The lowest BCUT2D eigenvalue weighted by Gasteiger charge is -2.17. The maximum atomic E-state index is 13.6. The van der Waals surface area contributed by atoms with Gasteiger partial charge >= 0.3 is 0 Å². The maximum Gasteiger partial charge on any atom is 0.137 e. The molecule has 1 aliphatic carbocycles. The van der Waals surface area contributed by atoms with Crippen molar-refractivity contribution in [3.63, 3.8) is 0 Å². The predicted octanol–water partition coefficient (Wildman–Crippen LogP) is 3.40. The van der Waals surface area contributed by atoms with E-state index < -0.39 is 5.82 Å². The number of halogens is 3. The van der Waals surface area contributed by atoms with Gasteiger partial charge in [0, 0.05) is 11.6 Å². The summed E-state index contributed by atoms with van der Waals surface area (Å²) in [6.45, 7) is 0. The second-order valence-electron chi connectivity index (χ2n) is 3.89. The van der Waals surface area contributed by atoms with Crippen LogP contribution in [0.4, 0.5) is 8.78 Å². The van der Waals surface area contributed by atoms with Gasteiger partial charge in [-0.3, -0.25) is 0 Å². The molecule has 1 atom stereocenters. The molecule has 1 fully saturated rings. The van der Waals surface area contributed by atoms with Gasteiger partial charge in [-0.05, 0) is 53.9 Å². The highest BCUT2D eigenvalue weighted by Gasteiger charge is 2.33. The summed E-state index contributed by atoms with van der Waals surface area (Å²) in [5.74, 6) is -0.313. The number of rotatable bonds is 3. The molecule has 0 saturated heterocycles. The Morgan fingerprint density at radius 1 is 1.33 bits per heavy atom. The van der Waals surface area contributed by atoms with Gasteiger partial charge in [-0.1, -0.05) is 0 Å². The molecule has 1 aromatic rings. The third kappa shape index (κ3) is 2.21. The summed E-state index contributed by atoms with van der Waals surface area (Å²) in [5, 5.41) is 3.05. The Kier molecular flexibility index (Phi) is 3.07. The molecule has 0 aliphatic heterocycles. The van der Waals surface area contributed by atoms with Crippen molar-refractivity contribution < 1.29 is 8.78 Å². The van der Waals surface area contributed by atoms with Crippen molar-refractivity contribution in [2.24, 2.45) is 5.92 Å². The molecule has 0 aromatic heterocycles. The molecule has 0 bridgehead atoms. The van der Waals surface area contributed by atoms with Gasteiger partial charge in [-0.25, -0.2) is 8.78 Å². The highest BCUT2D eigenvalue weighted by atomic mass is 79.9. The summed E-state index contributed by atoms with van der Waals surface area (Å²) in [6, 6.07) is 2.41. The van der Waals surface area contributed by atoms with Crippen LogP contribution in [0.3, 0.4) is 0 Å². The number of hydrogen-bond acceptors (Lipinski definition) is 1. The van der Waals surface area contributed by atoms with Crippen LogP contribution in [0.5, 0.6) is 0 Å². The highest BCUT2D eigenvalue weighted by Crippen LogP contribution is 2.42. The topological polar surface area (TPSA) is 12.0 Å². The Bertz CT molecular complexity index is 377. The largest absolute Gasteiger partial charge is 0.313 e. The van der Waals surface area contributed by atoms with Gasteiger partial charge in [-0.2, -0.15) is 0 Å². The van der Waals surface area contributed by atoms with E-state index in [2.05, 4.69) is 21.2 Å². The van der Waals surface area contributed by atoms with Crippen LogP contribution in [0.1, 0.15) is 24.4 Å². The van der Waals surface area contributed by atoms with Gasteiger partial charge in [0.1, 0.15) is 11.6 Å². The molecule has 0 heterocycles. The van der Waals surface area contributed by atoms with Gasteiger partial charge in [0.15, 0.2) is 0 Å². The molecule has 0 radical (unpaired) electrons. The quantitative estimate of drug-likeness (QED) is 0.834. The minimum absolute atomic E-state index is 0.0624. The lowest BCUT2D eigenvalue weighted by Crippen LogP contribution is -2.19. The summed E-state index contributed by atoms with van der Waals surface area (Å²) < 4.78 is 27.1. The lowest BCUT2D eigenvalue weighted by atomic mass is 10.0. The van der Waals surface area contributed by atoms with Crippen LogP contribution in [0, 0.1) is 17.6 Å². The maximum absolute atomic E-state index is 13.6. The number of hydrogen-bond donors (Lipinski definition) is 1. The van der Waals surface area contributed by atoms with Crippen LogP contribution < -0.4 is 5.32 Å². The minimum Gasteiger partial charge on any atom is -0.313 e. The van der Waals surface area contributed by atoms with E-state index in [0.29, 0.717) is 11.5 Å². The second-order valence-corrected chi connectivity index (χ2v) is 4.75. The molecular formula is C11H12BrF2N. The molecule has 15 heavy (non-hydrogen) atoms. The van der Waals surface area contributed by atoms with E-state index in [1.807, 2.05) is 0 Å². The first-order valence-electron chi connectivity index (χ1n) is 4.95. The second kappa shape index (κ2) is 4.18. The van der Waals surface area contributed by atoms with Gasteiger partial charge in [0.2, 0.25) is 0 Å². The fourth-order valence-electron chi connectivity index (χ4n) is 1.85. The van der Waals surface area contributed by atoms with Crippen molar-refractivity contribution in [1.82, 2.24) is 5.32 Å². The minimum atomic E-state index is -0.410. The summed E-state index contributed by atoms with van der Waals surface area (Å²) in [4.78, 5) is 0. The summed E-state index contributed by atoms with van der Waals surface area (Å²) >= 11 is 2.97. The normalized spacial score (nSPS) is 17.9. The molecule has 1 aromatic carbocycles. The fourth-order valence-corrected chi connectivity index (χ4v) is 2.17. The predicted molar refractivity (Wildman–Crippen MR) is 58.6 cm³/mol. The smallest absolute Gasteiger partial charge is 0.137 e. The molecule has 1 saturated carbocycles. The van der Waals surface area contributed by atoms with Crippen LogP contribution in [0.25, 0.3) is 0 Å². The molecule has 4 heteroatoms. The summed E-state index contributed by atoms with van der Waals surface area (Å²) in [7, 11) is 1.78. The van der Waals surface area contributed by atoms with Crippen LogP contribution in [0.2, 0.25) is 0 Å². The Labute approximate surface area is 96.0 Å². The van der Waals surface area contributed by atoms with Crippen molar-refractivity contribution in [2.75, 3.05) is 7.05 Å². The molecule has 2 rings (SSSR count). The van der Waals surface area contributed by atoms with Crippen LogP contribution in [-0.4, -0.2) is 7.05 Å². The van der Waals surface area contributed by atoms with E-state index in [0.717, 1.165) is 12.8 Å². The van der Waals surface area contributed by atoms with E-state index in [4.69, 9.17) is 0 Å². The van der Waals surface area contributed by atoms with Crippen molar-refractivity contribution in [1.29, 1.82) is 0 Å². The number of nitrogens with one attached hydrogen (secondary N) is 1. The van der Waals surface area contributed by atoms with Crippen molar-refractivity contribution in [3.8, 4) is 0 Å². The summed E-state index contributed by atoms with van der Waals surface area (Å²) in [5.41, 5.74) is 0.431. The molecule has 0 spiro atoms. The third-order valence-corrected chi connectivity index (χ3v) is 3.39. The zero-order valence-electron chi connectivity index (χ0n) is 8.36. The van der Waals surface area contributed by atoms with Crippen LogP contribution in [0.15, 0.2) is 16.6 Å². The Balaban J connectivity index is 2.37. The highest BCUT2D eigenvalue weighted by molar-refractivity contribution is 9.10. The van der Waals surface area contributed by atoms with Crippen molar-refractivity contribution in [2.45, 2.75) is 18.9 Å². The standard InChI is InChI=1S/C11H12BrF2N/c1-15-11(6-2-3-6)7-4-10(14)8(12)5-9(7)13/h4-6,11,15H,2-3H2,1H3. The van der Waals surface area contributed by atoms with E-state index in [1.165, 1.54) is 12.1 Å². The summed E-state index contributed by atoms with van der Waals surface area (Å²) in [6.07, 6.45) is 2.17. The van der Waals surface area contributed by atoms with Crippen LogP contribution >= 0.6 is 15.9 Å². The SMILES string of the molecule is CNC(c1cc(F)c(Br)cc1F)C1CC1. The monoisotopic (exact) mass is 275 g/mol. The Morgan fingerprint density at radius 2 is 2.00 bits per heavy atom. The van der Waals surface area contributed by atoms with Crippen molar-refractivity contribution >= 4 is 15.9 Å². The van der Waals surface area contributed by atoms with E-state index in [9.17, 15) is 8.78 Å².